The maximum atomic E-state index is 11.7. The van der Waals surface area contributed by atoms with Crippen LogP contribution in [-0.4, -0.2) is 31.4 Å². The molecule has 0 amide bonds. The minimum absolute atomic E-state index is 0.194. The van der Waals surface area contributed by atoms with Crippen molar-refractivity contribution in [2.45, 2.75) is 36.6 Å². The Morgan fingerprint density at radius 2 is 2.00 bits per heavy atom. The Balaban J connectivity index is 2.27. The molecule has 0 aliphatic carbocycles. The number of benzene rings is 1. The van der Waals surface area contributed by atoms with Gasteiger partial charge in [0.25, 0.3) is 0 Å². The second-order valence-electron chi connectivity index (χ2n) is 4.83. The zero-order valence-corrected chi connectivity index (χ0v) is 14.6. The van der Waals surface area contributed by atoms with Crippen molar-refractivity contribution in [3.05, 3.63) is 28.7 Å². The molecule has 0 saturated carbocycles. The van der Waals surface area contributed by atoms with E-state index in [-0.39, 0.29) is 5.97 Å². The molecule has 0 spiro atoms. The smallest absolute Gasteiger partial charge is 0.325 e. The van der Waals surface area contributed by atoms with Crippen molar-refractivity contribution < 1.29 is 9.53 Å². The molecule has 3 nitrogen and oxygen atoms in total. The standard InChI is InChI=1S/C15H22BrNO2S/c1-15(17-2,14(18)19-3)10-4-5-11-20-13-8-6-12(16)7-9-13/h6-9,17H,4-5,10-11H2,1-3H3. The Morgan fingerprint density at radius 1 is 1.35 bits per heavy atom. The number of unbranched alkanes of at least 4 members (excludes halogenated alkanes) is 1. The van der Waals surface area contributed by atoms with Gasteiger partial charge in [0, 0.05) is 9.37 Å². The van der Waals surface area contributed by atoms with Crippen LogP contribution >= 0.6 is 27.7 Å². The number of methoxy groups -OCH3 is 1. The maximum absolute atomic E-state index is 11.7. The van der Waals surface area contributed by atoms with Crippen molar-refractivity contribution in [1.29, 1.82) is 0 Å². The molecular weight excluding hydrogens is 338 g/mol. The number of hydrogen-bond donors (Lipinski definition) is 1. The van der Waals surface area contributed by atoms with Crippen LogP contribution in [0.15, 0.2) is 33.6 Å². The summed E-state index contributed by atoms with van der Waals surface area (Å²) in [4.78, 5) is 13.0. The molecule has 1 N–H and O–H groups in total. The van der Waals surface area contributed by atoms with Crippen molar-refractivity contribution in [1.82, 2.24) is 5.32 Å². The Bertz CT molecular complexity index is 424. The van der Waals surface area contributed by atoms with Gasteiger partial charge in [0.2, 0.25) is 0 Å². The summed E-state index contributed by atoms with van der Waals surface area (Å²) in [7, 11) is 3.23. The number of hydrogen-bond acceptors (Lipinski definition) is 4. The second kappa shape index (κ2) is 8.70. The first-order chi connectivity index (χ1) is 9.51. The second-order valence-corrected chi connectivity index (χ2v) is 6.92. The van der Waals surface area contributed by atoms with E-state index in [9.17, 15) is 4.79 Å². The maximum Gasteiger partial charge on any atom is 0.325 e. The summed E-state index contributed by atoms with van der Waals surface area (Å²) in [5.41, 5.74) is -0.572. The molecule has 20 heavy (non-hydrogen) atoms. The molecule has 1 atom stereocenters. The van der Waals surface area contributed by atoms with E-state index in [1.165, 1.54) is 12.0 Å². The average Bonchev–Trinajstić information content (AvgIpc) is 2.47. The molecule has 0 radical (unpaired) electrons. The number of nitrogens with one attached hydrogen (secondary N) is 1. The highest BCUT2D eigenvalue weighted by Gasteiger charge is 2.31. The van der Waals surface area contributed by atoms with Gasteiger partial charge in [-0.1, -0.05) is 22.4 Å². The van der Waals surface area contributed by atoms with Gasteiger partial charge in [-0.2, -0.15) is 0 Å². The van der Waals surface area contributed by atoms with Crippen LogP contribution in [0.5, 0.6) is 0 Å². The highest BCUT2D eigenvalue weighted by molar-refractivity contribution is 9.10. The fraction of sp³-hybridized carbons (Fsp3) is 0.533. The molecule has 0 aromatic heterocycles. The van der Waals surface area contributed by atoms with E-state index in [0.29, 0.717) is 0 Å². The first kappa shape index (κ1) is 17.5. The zero-order chi connectivity index (χ0) is 15.0. The van der Waals surface area contributed by atoms with E-state index in [1.54, 1.807) is 7.05 Å². The average molecular weight is 360 g/mol. The highest BCUT2D eigenvalue weighted by Crippen LogP contribution is 2.23. The molecule has 0 aliphatic rings. The third-order valence-electron chi connectivity index (χ3n) is 3.34. The Morgan fingerprint density at radius 3 is 2.55 bits per heavy atom. The van der Waals surface area contributed by atoms with Crippen LogP contribution in [0, 0.1) is 0 Å². The SMILES string of the molecule is CNC(C)(CCCCSc1ccc(Br)cc1)C(=O)OC. The van der Waals surface area contributed by atoms with Gasteiger partial charge in [-0.25, -0.2) is 0 Å². The predicted octanol–water partition coefficient (Wildman–Crippen LogP) is 3.86. The molecule has 5 heteroatoms. The first-order valence-corrected chi connectivity index (χ1v) is 8.45. The summed E-state index contributed by atoms with van der Waals surface area (Å²) >= 11 is 5.27. The minimum atomic E-state index is -0.572. The van der Waals surface area contributed by atoms with Gasteiger partial charge in [0.05, 0.1) is 7.11 Å². The van der Waals surface area contributed by atoms with Crippen LogP contribution in [0.3, 0.4) is 0 Å². The van der Waals surface area contributed by atoms with E-state index >= 15 is 0 Å². The molecule has 0 bridgehead atoms. The normalized spacial score (nSPS) is 13.8. The molecule has 1 rings (SSSR count). The van der Waals surface area contributed by atoms with E-state index in [2.05, 4.69) is 45.5 Å². The van der Waals surface area contributed by atoms with Crippen molar-refractivity contribution in [3.8, 4) is 0 Å². The number of carbonyl (C=O) groups excluding carboxylic acids is 1. The first-order valence-electron chi connectivity index (χ1n) is 6.67. The molecule has 1 aromatic carbocycles. The monoisotopic (exact) mass is 359 g/mol. The number of ether oxygens (including phenoxy) is 1. The van der Waals surface area contributed by atoms with Gasteiger partial charge in [-0.3, -0.25) is 4.79 Å². The van der Waals surface area contributed by atoms with Gasteiger partial charge in [-0.15, -0.1) is 11.8 Å². The molecule has 0 aliphatic heterocycles. The van der Waals surface area contributed by atoms with Crippen molar-refractivity contribution in [2.75, 3.05) is 19.9 Å². The predicted molar refractivity (Wildman–Crippen MR) is 88.2 cm³/mol. The Labute approximate surface area is 134 Å². The fourth-order valence-corrected chi connectivity index (χ4v) is 3.03. The molecular formula is C15H22BrNO2S. The van der Waals surface area contributed by atoms with Gasteiger partial charge >= 0.3 is 5.97 Å². The lowest BCUT2D eigenvalue weighted by Gasteiger charge is -2.25. The molecule has 1 unspecified atom stereocenters. The Hall–Kier alpha value is -0.520. The van der Waals surface area contributed by atoms with Gasteiger partial charge in [0.1, 0.15) is 5.54 Å². The van der Waals surface area contributed by atoms with Crippen LogP contribution in [0.25, 0.3) is 0 Å². The van der Waals surface area contributed by atoms with E-state index in [4.69, 9.17) is 4.74 Å². The number of carbonyl (C=O) groups is 1. The van der Waals surface area contributed by atoms with Crippen LogP contribution < -0.4 is 5.32 Å². The van der Waals surface area contributed by atoms with Gasteiger partial charge in [-0.05, 0) is 56.8 Å². The third-order valence-corrected chi connectivity index (χ3v) is 4.97. The lowest BCUT2D eigenvalue weighted by molar-refractivity contribution is -0.148. The summed E-state index contributed by atoms with van der Waals surface area (Å²) in [5.74, 6) is 0.864. The van der Waals surface area contributed by atoms with E-state index in [0.717, 1.165) is 29.5 Å². The number of likely N-dealkylation sites (N-methyl/N-ethyl adjacent to an activating group) is 1. The van der Waals surface area contributed by atoms with Crippen LogP contribution in [-0.2, 0) is 9.53 Å². The zero-order valence-electron chi connectivity index (χ0n) is 12.2. The van der Waals surface area contributed by atoms with Crippen LogP contribution in [0.2, 0.25) is 0 Å². The molecule has 0 saturated heterocycles. The summed E-state index contributed by atoms with van der Waals surface area (Å²) in [5, 5.41) is 3.06. The summed E-state index contributed by atoms with van der Waals surface area (Å²) in [6.07, 6.45) is 2.86. The van der Waals surface area contributed by atoms with Crippen molar-refractivity contribution in [3.63, 3.8) is 0 Å². The highest BCUT2D eigenvalue weighted by atomic mass is 79.9. The number of esters is 1. The van der Waals surface area contributed by atoms with E-state index < -0.39 is 5.54 Å². The van der Waals surface area contributed by atoms with Crippen LogP contribution in [0.1, 0.15) is 26.2 Å². The lowest BCUT2D eigenvalue weighted by Crippen LogP contribution is -2.48. The largest absolute Gasteiger partial charge is 0.468 e. The quantitative estimate of drug-likeness (QED) is 0.434. The molecule has 1 aromatic rings. The summed E-state index contributed by atoms with van der Waals surface area (Å²) in [6.45, 7) is 1.89. The van der Waals surface area contributed by atoms with E-state index in [1.807, 2.05) is 18.7 Å². The number of rotatable bonds is 8. The minimum Gasteiger partial charge on any atom is -0.468 e. The lowest BCUT2D eigenvalue weighted by atomic mass is 9.95. The van der Waals surface area contributed by atoms with Crippen LogP contribution in [0.4, 0.5) is 0 Å². The fourth-order valence-electron chi connectivity index (χ4n) is 1.86. The number of thioether (sulfide) groups is 1. The van der Waals surface area contributed by atoms with Crippen molar-refractivity contribution >= 4 is 33.7 Å². The molecule has 0 heterocycles. The third kappa shape index (κ3) is 5.46. The molecule has 112 valence electrons. The Kier molecular flexibility index (Phi) is 7.62. The van der Waals surface area contributed by atoms with Crippen molar-refractivity contribution in [2.24, 2.45) is 0 Å². The summed E-state index contributed by atoms with van der Waals surface area (Å²) < 4.78 is 5.93. The topological polar surface area (TPSA) is 38.3 Å². The number of halogens is 1. The van der Waals surface area contributed by atoms with Gasteiger partial charge < -0.3 is 10.1 Å². The molecule has 0 fully saturated rings. The summed E-state index contributed by atoms with van der Waals surface area (Å²) in [6, 6.07) is 8.33. The van der Waals surface area contributed by atoms with Gasteiger partial charge in [0.15, 0.2) is 0 Å².